The molecule has 2 aromatic heterocycles. The SMILES string of the molecule is Cc1nc2n(n1)C[C@@H](NCc1ccc(Cl)s1)CC2. The highest BCUT2D eigenvalue weighted by molar-refractivity contribution is 7.16. The highest BCUT2D eigenvalue weighted by Gasteiger charge is 2.20. The zero-order chi connectivity index (χ0) is 12.5. The van der Waals surface area contributed by atoms with Crippen LogP contribution in [-0.4, -0.2) is 20.8 Å². The first-order chi connectivity index (χ1) is 8.70. The predicted octanol–water partition coefficient (Wildman–Crippen LogP) is 2.41. The van der Waals surface area contributed by atoms with Crippen LogP contribution in [0.15, 0.2) is 12.1 Å². The van der Waals surface area contributed by atoms with Crippen molar-refractivity contribution >= 4 is 22.9 Å². The first-order valence-corrected chi connectivity index (χ1v) is 7.28. The number of rotatable bonds is 3. The largest absolute Gasteiger partial charge is 0.307 e. The maximum Gasteiger partial charge on any atom is 0.147 e. The number of hydrogen-bond donors (Lipinski definition) is 1. The Bertz CT molecular complexity index is 548. The van der Waals surface area contributed by atoms with E-state index in [4.69, 9.17) is 11.6 Å². The number of aryl methyl sites for hydroxylation is 2. The molecular weight excluding hydrogens is 268 g/mol. The Labute approximate surface area is 115 Å². The van der Waals surface area contributed by atoms with Crippen LogP contribution in [0.3, 0.4) is 0 Å². The second-order valence-corrected chi connectivity index (χ2v) is 6.38. The number of thiophene rings is 1. The van der Waals surface area contributed by atoms with Crippen LogP contribution in [0, 0.1) is 6.92 Å². The van der Waals surface area contributed by atoms with E-state index in [9.17, 15) is 0 Å². The summed E-state index contributed by atoms with van der Waals surface area (Å²) in [6.07, 6.45) is 2.13. The number of hydrogen-bond acceptors (Lipinski definition) is 4. The second-order valence-electron chi connectivity index (χ2n) is 4.58. The molecule has 0 fully saturated rings. The molecule has 0 aliphatic carbocycles. The lowest BCUT2D eigenvalue weighted by Crippen LogP contribution is -2.37. The van der Waals surface area contributed by atoms with Crippen molar-refractivity contribution in [1.29, 1.82) is 0 Å². The molecule has 1 N–H and O–H groups in total. The minimum absolute atomic E-state index is 0.472. The summed E-state index contributed by atoms with van der Waals surface area (Å²) in [5.41, 5.74) is 0. The van der Waals surface area contributed by atoms with E-state index in [1.54, 1.807) is 11.3 Å². The molecule has 4 nitrogen and oxygen atoms in total. The van der Waals surface area contributed by atoms with Crippen molar-refractivity contribution in [3.63, 3.8) is 0 Å². The van der Waals surface area contributed by atoms with Gasteiger partial charge in [-0.3, -0.25) is 0 Å². The van der Waals surface area contributed by atoms with Crippen molar-refractivity contribution in [3.8, 4) is 0 Å². The van der Waals surface area contributed by atoms with Gasteiger partial charge in [0.2, 0.25) is 0 Å². The Hall–Kier alpha value is -0.910. The van der Waals surface area contributed by atoms with Gasteiger partial charge in [-0.1, -0.05) is 11.6 Å². The molecule has 0 saturated carbocycles. The normalized spacial score (nSPS) is 18.9. The Balaban J connectivity index is 1.59. The quantitative estimate of drug-likeness (QED) is 0.940. The fraction of sp³-hybridized carbons (Fsp3) is 0.500. The monoisotopic (exact) mass is 282 g/mol. The first-order valence-electron chi connectivity index (χ1n) is 6.08. The highest BCUT2D eigenvalue weighted by atomic mass is 35.5. The van der Waals surface area contributed by atoms with Gasteiger partial charge in [0.25, 0.3) is 0 Å². The Morgan fingerprint density at radius 1 is 1.56 bits per heavy atom. The van der Waals surface area contributed by atoms with Crippen LogP contribution in [-0.2, 0) is 19.5 Å². The number of nitrogens with one attached hydrogen (secondary N) is 1. The van der Waals surface area contributed by atoms with Crippen LogP contribution < -0.4 is 5.32 Å². The van der Waals surface area contributed by atoms with Crippen LogP contribution in [0.5, 0.6) is 0 Å². The lowest BCUT2D eigenvalue weighted by atomic mass is 10.1. The van der Waals surface area contributed by atoms with Gasteiger partial charge in [-0.15, -0.1) is 11.3 Å². The van der Waals surface area contributed by atoms with Crippen molar-refractivity contribution in [2.24, 2.45) is 0 Å². The first kappa shape index (κ1) is 12.1. The summed E-state index contributed by atoms with van der Waals surface area (Å²) in [7, 11) is 0. The summed E-state index contributed by atoms with van der Waals surface area (Å²) in [6, 6.07) is 4.50. The van der Waals surface area contributed by atoms with E-state index in [1.165, 1.54) is 4.88 Å². The minimum atomic E-state index is 0.472. The summed E-state index contributed by atoms with van der Waals surface area (Å²) < 4.78 is 2.88. The number of nitrogens with zero attached hydrogens (tertiary/aromatic N) is 3. The Morgan fingerprint density at radius 3 is 3.22 bits per heavy atom. The van der Waals surface area contributed by atoms with Gasteiger partial charge < -0.3 is 5.32 Å². The third-order valence-electron chi connectivity index (χ3n) is 3.16. The van der Waals surface area contributed by atoms with E-state index in [1.807, 2.05) is 17.7 Å². The molecule has 1 aliphatic heterocycles. The van der Waals surface area contributed by atoms with E-state index in [0.29, 0.717) is 6.04 Å². The molecule has 3 heterocycles. The number of fused-ring (bicyclic) bond motifs is 1. The van der Waals surface area contributed by atoms with Gasteiger partial charge in [0.05, 0.1) is 10.9 Å². The molecule has 0 saturated heterocycles. The van der Waals surface area contributed by atoms with E-state index >= 15 is 0 Å². The van der Waals surface area contributed by atoms with Gasteiger partial charge in [-0.25, -0.2) is 9.67 Å². The van der Waals surface area contributed by atoms with Gasteiger partial charge in [-0.2, -0.15) is 5.10 Å². The highest BCUT2D eigenvalue weighted by Crippen LogP contribution is 2.21. The fourth-order valence-electron chi connectivity index (χ4n) is 2.29. The molecule has 0 unspecified atom stereocenters. The zero-order valence-corrected chi connectivity index (χ0v) is 11.8. The van der Waals surface area contributed by atoms with Gasteiger partial charge in [0.15, 0.2) is 0 Å². The fourth-order valence-corrected chi connectivity index (χ4v) is 3.33. The summed E-state index contributed by atoms with van der Waals surface area (Å²) in [6.45, 7) is 3.74. The van der Waals surface area contributed by atoms with E-state index < -0.39 is 0 Å². The lowest BCUT2D eigenvalue weighted by Gasteiger charge is -2.23. The third kappa shape index (κ3) is 2.58. The molecule has 0 spiro atoms. The average Bonchev–Trinajstić information content (AvgIpc) is 2.90. The van der Waals surface area contributed by atoms with Crippen molar-refractivity contribution in [2.45, 2.75) is 38.9 Å². The molecule has 0 amide bonds. The molecule has 6 heteroatoms. The van der Waals surface area contributed by atoms with E-state index in [0.717, 1.165) is 41.9 Å². The van der Waals surface area contributed by atoms with Gasteiger partial charge in [-0.05, 0) is 25.5 Å². The third-order valence-corrected chi connectivity index (χ3v) is 4.39. The van der Waals surface area contributed by atoms with E-state index in [-0.39, 0.29) is 0 Å². The van der Waals surface area contributed by atoms with Crippen LogP contribution in [0.4, 0.5) is 0 Å². The van der Waals surface area contributed by atoms with Gasteiger partial charge in [0, 0.05) is 23.9 Å². The minimum Gasteiger partial charge on any atom is -0.307 e. The molecule has 0 radical (unpaired) electrons. The van der Waals surface area contributed by atoms with Crippen LogP contribution in [0.2, 0.25) is 4.34 Å². The lowest BCUT2D eigenvalue weighted by molar-refractivity contribution is 0.358. The molecule has 0 aromatic carbocycles. The molecule has 0 bridgehead atoms. The smallest absolute Gasteiger partial charge is 0.147 e. The maximum absolute atomic E-state index is 5.92. The Kier molecular flexibility index (Phi) is 3.37. The zero-order valence-electron chi connectivity index (χ0n) is 10.2. The van der Waals surface area contributed by atoms with Crippen molar-refractivity contribution < 1.29 is 0 Å². The predicted molar refractivity (Wildman–Crippen MR) is 73.0 cm³/mol. The number of halogens is 1. The summed E-state index contributed by atoms with van der Waals surface area (Å²) in [4.78, 5) is 5.69. The van der Waals surface area contributed by atoms with Gasteiger partial charge in [0.1, 0.15) is 11.6 Å². The topological polar surface area (TPSA) is 42.7 Å². The van der Waals surface area contributed by atoms with Crippen LogP contribution in [0.25, 0.3) is 0 Å². The standard InChI is InChI=1S/C12H15ClN4S/c1-8-15-12-5-2-9(7-17(12)16-8)14-6-10-3-4-11(13)18-10/h3-4,9,14H,2,5-7H2,1H3/t9-/m0/s1. The van der Waals surface area contributed by atoms with E-state index in [2.05, 4.69) is 21.5 Å². The van der Waals surface area contributed by atoms with Crippen molar-refractivity contribution in [2.75, 3.05) is 0 Å². The summed E-state index contributed by atoms with van der Waals surface area (Å²) >= 11 is 7.55. The molecule has 1 atom stereocenters. The molecule has 18 heavy (non-hydrogen) atoms. The Morgan fingerprint density at radius 2 is 2.44 bits per heavy atom. The second kappa shape index (κ2) is 4.99. The van der Waals surface area contributed by atoms with Crippen LogP contribution in [0.1, 0.15) is 22.9 Å². The van der Waals surface area contributed by atoms with Gasteiger partial charge >= 0.3 is 0 Å². The van der Waals surface area contributed by atoms with Crippen LogP contribution >= 0.6 is 22.9 Å². The molecule has 2 aromatic rings. The molecular formula is C12H15ClN4S. The molecule has 3 rings (SSSR count). The van der Waals surface area contributed by atoms with Crippen molar-refractivity contribution in [1.82, 2.24) is 20.1 Å². The average molecular weight is 283 g/mol. The molecule has 96 valence electrons. The maximum atomic E-state index is 5.92. The number of aromatic nitrogens is 3. The molecule has 1 aliphatic rings. The summed E-state index contributed by atoms with van der Waals surface area (Å²) in [5, 5.41) is 7.97. The van der Waals surface area contributed by atoms with Crippen molar-refractivity contribution in [3.05, 3.63) is 33.0 Å². The summed E-state index contributed by atoms with van der Waals surface area (Å²) in [5.74, 6) is 1.99.